The predicted molar refractivity (Wildman–Crippen MR) is 144 cm³/mol. The molecule has 0 saturated heterocycles. The van der Waals surface area contributed by atoms with E-state index in [2.05, 4.69) is 69.6 Å². The first-order chi connectivity index (χ1) is 15.6. The van der Waals surface area contributed by atoms with E-state index in [4.69, 9.17) is 4.74 Å². The minimum absolute atomic E-state index is 0.0416. The molecular weight excluding hydrogens is 426 g/mol. The molecule has 4 heteroatoms. The SMILES string of the molecule is CCC(CC)(c1ccc(CNCCSC)c(C)c1)c1ccc(OCC(=O)C(C)(C)C)c(C)c1. The fourth-order valence-electron chi connectivity index (χ4n) is 4.29. The van der Waals surface area contributed by atoms with Crippen molar-refractivity contribution < 1.29 is 9.53 Å². The highest BCUT2D eigenvalue weighted by Gasteiger charge is 2.31. The first-order valence-corrected chi connectivity index (χ1v) is 13.5. The smallest absolute Gasteiger partial charge is 0.175 e. The first kappa shape index (κ1) is 27.5. The molecule has 1 N–H and O–H groups in total. The van der Waals surface area contributed by atoms with Crippen molar-refractivity contribution in [2.24, 2.45) is 5.41 Å². The van der Waals surface area contributed by atoms with Gasteiger partial charge in [-0.05, 0) is 66.8 Å². The van der Waals surface area contributed by atoms with Crippen LogP contribution in [0.2, 0.25) is 0 Å². The van der Waals surface area contributed by atoms with Crippen molar-refractivity contribution in [3.05, 3.63) is 64.2 Å². The Morgan fingerprint density at radius 3 is 2.09 bits per heavy atom. The second-order valence-corrected chi connectivity index (χ2v) is 11.0. The lowest BCUT2D eigenvalue weighted by Gasteiger charge is -2.34. The fraction of sp³-hybridized carbons (Fsp3) is 0.552. The zero-order valence-electron chi connectivity index (χ0n) is 21.9. The fourth-order valence-corrected chi connectivity index (χ4v) is 4.64. The van der Waals surface area contributed by atoms with Crippen molar-refractivity contribution in [1.82, 2.24) is 5.32 Å². The Morgan fingerprint density at radius 2 is 1.58 bits per heavy atom. The highest BCUT2D eigenvalue weighted by Crippen LogP contribution is 2.41. The Morgan fingerprint density at radius 1 is 0.970 bits per heavy atom. The molecule has 0 unspecified atom stereocenters. The summed E-state index contributed by atoms with van der Waals surface area (Å²) in [6.45, 7) is 16.7. The topological polar surface area (TPSA) is 38.3 Å². The number of carbonyl (C=O) groups excluding carboxylic acids is 1. The van der Waals surface area contributed by atoms with E-state index in [1.54, 1.807) is 0 Å². The summed E-state index contributed by atoms with van der Waals surface area (Å²) in [5, 5.41) is 3.55. The minimum atomic E-state index is -0.387. The van der Waals surface area contributed by atoms with Gasteiger partial charge in [-0.2, -0.15) is 11.8 Å². The number of thioether (sulfide) groups is 1. The Kier molecular flexibility index (Phi) is 10.1. The summed E-state index contributed by atoms with van der Waals surface area (Å²) >= 11 is 1.87. The number of ketones is 1. The van der Waals surface area contributed by atoms with Crippen LogP contribution in [0.1, 0.15) is 75.3 Å². The second kappa shape index (κ2) is 12.1. The van der Waals surface area contributed by atoms with Crippen LogP contribution >= 0.6 is 11.8 Å². The van der Waals surface area contributed by atoms with Gasteiger partial charge in [-0.3, -0.25) is 4.79 Å². The second-order valence-electron chi connectivity index (χ2n) is 10.0. The van der Waals surface area contributed by atoms with Crippen LogP contribution in [-0.2, 0) is 16.8 Å². The molecule has 2 rings (SSSR count). The molecule has 3 nitrogen and oxygen atoms in total. The van der Waals surface area contributed by atoms with E-state index in [1.165, 1.54) is 22.3 Å². The van der Waals surface area contributed by atoms with Crippen molar-refractivity contribution in [3.8, 4) is 5.75 Å². The highest BCUT2D eigenvalue weighted by atomic mass is 32.2. The van der Waals surface area contributed by atoms with E-state index in [0.29, 0.717) is 0 Å². The van der Waals surface area contributed by atoms with E-state index in [-0.39, 0.29) is 23.2 Å². The molecule has 2 aromatic rings. The van der Waals surface area contributed by atoms with Crippen molar-refractivity contribution in [3.63, 3.8) is 0 Å². The van der Waals surface area contributed by atoms with Gasteiger partial charge >= 0.3 is 0 Å². The van der Waals surface area contributed by atoms with E-state index in [9.17, 15) is 4.79 Å². The molecule has 0 saturated carbocycles. The molecule has 0 radical (unpaired) electrons. The number of hydrogen-bond donors (Lipinski definition) is 1. The maximum absolute atomic E-state index is 12.3. The number of benzene rings is 2. The quantitative estimate of drug-likeness (QED) is 0.345. The normalized spacial score (nSPS) is 12.1. The summed E-state index contributed by atoms with van der Waals surface area (Å²) in [5.74, 6) is 2.04. The van der Waals surface area contributed by atoms with Gasteiger partial charge in [-0.25, -0.2) is 0 Å². The molecule has 33 heavy (non-hydrogen) atoms. The lowest BCUT2D eigenvalue weighted by Crippen LogP contribution is -2.27. The molecule has 2 aromatic carbocycles. The lowest BCUT2D eigenvalue weighted by atomic mass is 9.70. The average Bonchev–Trinajstić information content (AvgIpc) is 2.77. The van der Waals surface area contributed by atoms with Crippen molar-refractivity contribution in [2.75, 3.05) is 25.2 Å². The summed E-state index contributed by atoms with van der Waals surface area (Å²) in [6, 6.07) is 13.5. The highest BCUT2D eigenvalue weighted by molar-refractivity contribution is 7.98. The summed E-state index contributed by atoms with van der Waals surface area (Å²) in [5.41, 5.74) is 6.03. The monoisotopic (exact) mass is 469 g/mol. The molecule has 0 aliphatic carbocycles. The van der Waals surface area contributed by atoms with Crippen molar-refractivity contribution in [1.29, 1.82) is 0 Å². The van der Waals surface area contributed by atoms with Crippen LogP contribution < -0.4 is 10.1 Å². The molecular formula is C29H43NO2S. The van der Waals surface area contributed by atoms with Crippen molar-refractivity contribution in [2.45, 2.75) is 73.3 Å². The summed E-state index contributed by atoms with van der Waals surface area (Å²) in [6.07, 6.45) is 4.19. The first-order valence-electron chi connectivity index (χ1n) is 12.2. The average molecular weight is 470 g/mol. The molecule has 0 amide bonds. The Labute approximate surface area is 206 Å². The largest absolute Gasteiger partial charge is 0.486 e. The zero-order valence-corrected chi connectivity index (χ0v) is 22.7. The van der Waals surface area contributed by atoms with Gasteiger partial charge in [-0.15, -0.1) is 0 Å². The summed E-state index contributed by atoms with van der Waals surface area (Å²) in [4.78, 5) is 12.3. The number of aryl methyl sites for hydroxylation is 2. The molecule has 0 spiro atoms. The van der Waals surface area contributed by atoms with Gasteiger partial charge in [0.1, 0.15) is 12.4 Å². The van der Waals surface area contributed by atoms with Gasteiger partial charge in [0.15, 0.2) is 5.78 Å². The standard InChI is InChI=1S/C29H43NO2S/c1-9-29(10-2,24-12-11-23(21(3)17-24)19-30-15-16-33-8)25-13-14-26(22(4)18-25)32-20-27(31)28(5,6)7/h11-14,17-18,30H,9-10,15-16,19-20H2,1-8H3. The number of ether oxygens (including phenoxy) is 1. The van der Waals surface area contributed by atoms with Gasteiger partial charge in [0, 0.05) is 29.7 Å². The number of hydrogen-bond acceptors (Lipinski definition) is 4. The van der Waals surface area contributed by atoms with E-state index < -0.39 is 0 Å². The van der Waals surface area contributed by atoms with Gasteiger partial charge in [0.05, 0.1) is 0 Å². The number of rotatable bonds is 12. The predicted octanol–water partition coefficient (Wildman–Crippen LogP) is 6.86. The third kappa shape index (κ3) is 6.86. The van der Waals surface area contributed by atoms with Gasteiger partial charge in [-0.1, -0.05) is 65.0 Å². The third-order valence-corrected chi connectivity index (χ3v) is 7.44. The van der Waals surface area contributed by atoms with Crippen molar-refractivity contribution >= 4 is 17.5 Å². The molecule has 0 aromatic heterocycles. The van der Waals surface area contributed by atoms with Gasteiger partial charge < -0.3 is 10.1 Å². The van der Waals surface area contributed by atoms with E-state index in [1.807, 2.05) is 38.6 Å². The molecule has 0 bridgehead atoms. The molecule has 0 heterocycles. The maximum Gasteiger partial charge on any atom is 0.175 e. The van der Waals surface area contributed by atoms with Crippen LogP contribution in [0.25, 0.3) is 0 Å². The minimum Gasteiger partial charge on any atom is -0.486 e. The lowest BCUT2D eigenvalue weighted by molar-refractivity contribution is -0.128. The number of nitrogens with one attached hydrogen (secondary N) is 1. The molecule has 0 aliphatic heterocycles. The van der Waals surface area contributed by atoms with Crippen LogP contribution in [0, 0.1) is 19.3 Å². The number of carbonyl (C=O) groups is 1. The van der Waals surface area contributed by atoms with Crippen LogP contribution in [0.4, 0.5) is 0 Å². The third-order valence-electron chi connectivity index (χ3n) is 6.82. The van der Waals surface area contributed by atoms with Gasteiger partial charge in [0.25, 0.3) is 0 Å². The van der Waals surface area contributed by atoms with Gasteiger partial charge in [0.2, 0.25) is 0 Å². The van der Waals surface area contributed by atoms with E-state index >= 15 is 0 Å². The van der Waals surface area contributed by atoms with Crippen LogP contribution in [0.5, 0.6) is 5.75 Å². The molecule has 182 valence electrons. The molecule has 0 fully saturated rings. The summed E-state index contributed by atoms with van der Waals surface area (Å²) < 4.78 is 5.90. The Balaban J connectivity index is 2.28. The van der Waals surface area contributed by atoms with Crippen LogP contribution in [0.3, 0.4) is 0 Å². The molecule has 0 aliphatic rings. The maximum atomic E-state index is 12.3. The Bertz CT molecular complexity index is 926. The summed E-state index contributed by atoms with van der Waals surface area (Å²) in [7, 11) is 0. The zero-order chi connectivity index (χ0) is 24.6. The van der Waals surface area contributed by atoms with Crippen LogP contribution in [0.15, 0.2) is 36.4 Å². The molecule has 0 atom stereocenters. The van der Waals surface area contributed by atoms with E-state index in [0.717, 1.165) is 43.0 Å². The Hall–Kier alpha value is -1.78. The van der Waals surface area contributed by atoms with Crippen LogP contribution in [-0.4, -0.2) is 30.9 Å². The number of Topliss-reactive ketones (excluding diaryl/α,β-unsaturated/α-hetero) is 1.